The monoisotopic (exact) mass is 244 g/mol. The van der Waals surface area contributed by atoms with E-state index in [2.05, 4.69) is 38.3 Å². The van der Waals surface area contributed by atoms with Gasteiger partial charge >= 0.3 is 0 Å². The molecule has 4 nitrogen and oxygen atoms in total. The van der Waals surface area contributed by atoms with Crippen LogP contribution in [-0.4, -0.2) is 38.3 Å². The van der Waals surface area contributed by atoms with Gasteiger partial charge in [0.25, 0.3) is 0 Å². The van der Waals surface area contributed by atoms with E-state index in [0.29, 0.717) is 25.0 Å². The van der Waals surface area contributed by atoms with E-state index in [1.165, 1.54) is 0 Å². The molecule has 2 atom stereocenters. The molecule has 0 saturated heterocycles. The predicted octanol–water partition coefficient (Wildman–Crippen LogP) is 1.41. The van der Waals surface area contributed by atoms with Crippen LogP contribution >= 0.6 is 0 Å². The Morgan fingerprint density at radius 3 is 2.12 bits per heavy atom. The molecule has 0 heterocycles. The van der Waals surface area contributed by atoms with Crippen molar-refractivity contribution in [2.75, 3.05) is 20.3 Å². The van der Waals surface area contributed by atoms with Crippen molar-refractivity contribution in [1.82, 2.24) is 10.6 Å². The lowest BCUT2D eigenvalue weighted by Gasteiger charge is -2.22. The van der Waals surface area contributed by atoms with E-state index in [4.69, 9.17) is 4.74 Å². The zero-order valence-electron chi connectivity index (χ0n) is 12.0. The van der Waals surface area contributed by atoms with Gasteiger partial charge in [0, 0.05) is 19.2 Å². The van der Waals surface area contributed by atoms with Gasteiger partial charge in [0.1, 0.15) is 0 Å². The third kappa shape index (κ3) is 7.34. The van der Waals surface area contributed by atoms with Gasteiger partial charge in [-0.25, -0.2) is 0 Å². The number of hydrogen-bond donors (Lipinski definition) is 2. The minimum atomic E-state index is 0.0490. The van der Waals surface area contributed by atoms with Crippen LogP contribution in [0.15, 0.2) is 0 Å². The van der Waals surface area contributed by atoms with Crippen LogP contribution in [0.3, 0.4) is 0 Å². The number of carbonyl (C=O) groups is 1. The van der Waals surface area contributed by atoms with E-state index in [1.54, 1.807) is 7.11 Å². The molecule has 0 radical (unpaired) electrons. The Morgan fingerprint density at radius 1 is 1.12 bits per heavy atom. The zero-order chi connectivity index (χ0) is 13.4. The number of hydrogen-bond acceptors (Lipinski definition) is 3. The van der Waals surface area contributed by atoms with Crippen molar-refractivity contribution >= 4 is 5.91 Å². The van der Waals surface area contributed by atoms with Crippen LogP contribution in [0.25, 0.3) is 0 Å². The van der Waals surface area contributed by atoms with Crippen molar-refractivity contribution in [3.05, 3.63) is 0 Å². The summed E-state index contributed by atoms with van der Waals surface area (Å²) in [6, 6.07) is 0.435. The molecule has 0 aliphatic heterocycles. The number of amides is 1. The molecule has 0 aliphatic carbocycles. The van der Waals surface area contributed by atoms with Crippen molar-refractivity contribution in [1.29, 1.82) is 0 Å². The summed E-state index contributed by atoms with van der Waals surface area (Å²) in [6.45, 7) is 11.4. The van der Waals surface area contributed by atoms with Gasteiger partial charge in [-0.1, -0.05) is 27.7 Å². The number of methoxy groups -OCH3 is 1. The number of ether oxygens (including phenoxy) is 1. The lowest BCUT2D eigenvalue weighted by Crippen LogP contribution is -2.46. The smallest absolute Gasteiger partial charge is 0.234 e. The summed E-state index contributed by atoms with van der Waals surface area (Å²) in [5, 5.41) is 6.20. The van der Waals surface area contributed by atoms with Crippen molar-refractivity contribution in [3.8, 4) is 0 Å². The molecule has 4 heteroatoms. The zero-order valence-corrected chi connectivity index (χ0v) is 12.0. The molecule has 0 aromatic heterocycles. The normalized spacial score (nSPS) is 15.1. The van der Waals surface area contributed by atoms with Crippen molar-refractivity contribution < 1.29 is 9.53 Å². The molecule has 0 saturated carbocycles. The first kappa shape index (κ1) is 16.4. The molecule has 2 N–H and O–H groups in total. The maximum atomic E-state index is 11.7. The molecule has 0 bridgehead atoms. The van der Waals surface area contributed by atoms with Crippen molar-refractivity contribution in [2.45, 2.75) is 46.7 Å². The van der Waals surface area contributed by atoms with E-state index in [9.17, 15) is 4.79 Å². The molecule has 17 heavy (non-hydrogen) atoms. The Kier molecular flexibility index (Phi) is 8.17. The molecule has 102 valence electrons. The van der Waals surface area contributed by atoms with Gasteiger partial charge in [0.2, 0.25) is 5.91 Å². The summed E-state index contributed by atoms with van der Waals surface area (Å²) in [4.78, 5) is 11.7. The minimum absolute atomic E-state index is 0.0490. The standard InChI is InChI=1S/C13H28N2O2/c1-9(2)11(5)15-13(16)7-14-12(8-17-6)10(3)4/h9-12,14H,7-8H2,1-6H3,(H,15,16). The lowest BCUT2D eigenvalue weighted by atomic mass is 10.1. The fraction of sp³-hybridized carbons (Fsp3) is 0.923. The second kappa shape index (κ2) is 8.48. The van der Waals surface area contributed by atoms with Crippen LogP contribution in [0, 0.1) is 11.8 Å². The Hall–Kier alpha value is -0.610. The van der Waals surface area contributed by atoms with Crippen LogP contribution in [0.2, 0.25) is 0 Å². The molecule has 0 aromatic carbocycles. The molecular weight excluding hydrogens is 216 g/mol. The number of nitrogens with one attached hydrogen (secondary N) is 2. The lowest BCUT2D eigenvalue weighted by molar-refractivity contribution is -0.121. The SMILES string of the molecule is COCC(NCC(=O)NC(C)C(C)C)C(C)C. The largest absolute Gasteiger partial charge is 0.383 e. The Labute approximate surface area is 105 Å². The van der Waals surface area contributed by atoms with E-state index >= 15 is 0 Å². The highest BCUT2D eigenvalue weighted by Crippen LogP contribution is 2.02. The van der Waals surface area contributed by atoms with Gasteiger partial charge in [-0.15, -0.1) is 0 Å². The third-order valence-corrected chi connectivity index (χ3v) is 3.06. The fourth-order valence-corrected chi connectivity index (χ4v) is 1.36. The van der Waals surface area contributed by atoms with Gasteiger partial charge in [0.15, 0.2) is 0 Å². The van der Waals surface area contributed by atoms with Crippen molar-refractivity contribution in [2.24, 2.45) is 11.8 Å². The van der Waals surface area contributed by atoms with Gasteiger partial charge in [-0.05, 0) is 18.8 Å². The van der Waals surface area contributed by atoms with Crippen LogP contribution < -0.4 is 10.6 Å². The average molecular weight is 244 g/mol. The van der Waals surface area contributed by atoms with Gasteiger partial charge in [0.05, 0.1) is 13.2 Å². The summed E-state index contributed by atoms with van der Waals surface area (Å²) in [5.41, 5.74) is 0. The van der Waals surface area contributed by atoms with Crippen LogP contribution in [0.4, 0.5) is 0 Å². The highest BCUT2D eigenvalue weighted by Gasteiger charge is 2.15. The Balaban J connectivity index is 3.96. The first-order valence-corrected chi connectivity index (χ1v) is 6.40. The van der Waals surface area contributed by atoms with Crippen LogP contribution in [0.1, 0.15) is 34.6 Å². The molecule has 2 unspecified atom stereocenters. The highest BCUT2D eigenvalue weighted by molar-refractivity contribution is 5.78. The molecule has 0 aliphatic rings. The fourth-order valence-electron chi connectivity index (χ4n) is 1.36. The maximum absolute atomic E-state index is 11.7. The quantitative estimate of drug-likeness (QED) is 0.679. The van der Waals surface area contributed by atoms with Crippen LogP contribution in [0.5, 0.6) is 0 Å². The maximum Gasteiger partial charge on any atom is 0.234 e. The van der Waals surface area contributed by atoms with E-state index in [1.807, 2.05) is 6.92 Å². The van der Waals surface area contributed by atoms with E-state index in [0.717, 1.165) is 0 Å². The third-order valence-electron chi connectivity index (χ3n) is 3.06. The number of carbonyl (C=O) groups excluding carboxylic acids is 1. The van der Waals surface area contributed by atoms with Gasteiger partial charge in [-0.3, -0.25) is 4.79 Å². The molecule has 0 aromatic rings. The second-order valence-corrected chi connectivity index (χ2v) is 5.29. The van der Waals surface area contributed by atoms with Gasteiger partial charge in [-0.2, -0.15) is 0 Å². The van der Waals surface area contributed by atoms with E-state index in [-0.39, 0.29) is 18.0 Å². The molecule has 0 fully saturated rings. The van der Waals surface area contributed by atoms with Gasteiger partial charge < -0.3 is 15.4 Å². The van der Waals surface area contributed by atoms with E-state index < -0.39 is 0 Å². The molecule has 0 spiro atoms. The Morgan fingerprint density at radius 2 is 1.71 bits per heavy atom. The first-order chi connectivity index (χ1) is 7.88. The topological polar surface area (TPSA) is 50.4 Å². The summed E-state index contributed by atoms with van der Waals surface area (Å²) >= 11 is 0. The average Bonchev–Trinajstić information content (AvgIpc) is 2.23. The molecule has 1 amide bonds. The first-order valence-electron chi connectivity index (χ1n) is 6.40. The minimum Gasteiger partial charge on any atom is -0.383 e. The van der Waals surface area contributed by atoms with Crippen LogP contribution in [-0.2, 0) is 9.53 Å². The summed E-state index contributed by atoms with van der Waals surface area (Å²) < 4.78 is 5.12. The second-order valence-electron chi connectivity index (χ2n) is 5.29. The molecule has 0 rings (SSSR count). The van der Waals surface area contributed by atoms with Crippen molar-refractivity contribution in [3.63, 3.8) is 0 Å². The summed E-state index contributed by atoms with van der Waals surface area (Å²) in [6.07, 6.45) is 0. The predicted molar refractivity (Wildman–Crippen MR) is 70.9 cm³/mol. The summed E-state index contributed by atoms with van der Waals surface area (Å²) in [7, 11) is 1.68. The Bertz CT molecular complexity index is 217. The summed E-state index contributed by atoms with van der Waals surface area (Å²) in [5.74, 6) is 0.956. The highest BCUT2D eigenvalue weighted by atomic mass is 16.5. The molecular formula is C13H28N2O2. The number of rotatable bonds is 8.